The van der Waals surface area contributed by atoms with Gasteiger partial charge in [0.2, 0.25) is 0 Å². The van der Waals surface area contributed by atoms with Crippen LogP contribution >= 0.6 is 0 Å². The topological polar surface area (TPSA) is 64.6 Å². The zero-order valence-electron chi connectivity index (χ0n) is 20.1. The molecule has 0 saturated heterocycles. The first-order valence-corrected chi connectivity index (χ1v) is 12.0. The van der Waals surface area contributed by atoms with Gasteiger partial charge in [0, 0.05) is 5.56 Å². The van der Waals surface area contributed by atoms with Gasteiger partial charge >= 0.3 is 12.1 Å². The number of rotatable bonds is 9. The van der Waals surface area contributed by atoms with Crippen molar-refractivity contribution in [2.75, 3.05) is 18.5 Å². The molecule has 0 bridgehead atoms. The molecule has 2 fully saturated rings. The van der Waals surface area contributed by atoms with Crippen LogP contribution in [0.4, 0.5) is 18.9 Å². The number of benzene rings is 2. The van der Waals surface area contributed by atoms with E-state index in [-0.39, 0.29) is 30.1 Å². The molecule has 2 aromatic carbocycles. The molecule has 0 heterocycles. The van der Waals surface area contributed by atoms with Crippen molar-refractivity contribution in [3.05, 3.63) is 58.1 Å². The molecule has 0 radical (unpaired) electrons. The first-order chi connectivity index (χ1) is 16.6. The second-order valence-corrected chi connectivity index (χ2v) is 9.47. The molecule has 0 unspecified atom stereocenters. The highest BCUT2D eigenvalue weighted by atomic mass is 19.4. The molecule has 35 heavy (non-hydrogen) atoms. The van der Waals surface area contributed by atoms with Crippen LogP contribution < -0.4 is 10.1 Å². The second kappa shape index (κ2) is 9.91. The molecular weight excluding hydrogens is 459 g/mol. The standard InChI is InChI=1S/C27H30F3NO4/c1-4-34-26(33)21-14-20(21)18-7-8-22(27(28,29)30)23(13-18)31-25(32)24-15(2)11-19(12-16(24)3)35-10-9-17-5-6-17/h7-8,11-13,17,20-21H,4-6,9-10,14H2,1-3H3,(H,31,32)/t20-,21-/m1/s1. The number of esters is 1. The van der Waals surface area contributed by atoms with Crippen LogP contribution in [0.1, 0.15) is 71.1 Å². The molecule has 5 nitrogen and oxygen atoms in total. The number of ether oxygens (including phenoxy) is 2. The maximum atomic E-state index is 13.7. The molecule has 8 heteroatoms. The van der Waals surface area contributed by atoms with Crippen LogP contribution in [0.2, 0.25) is 0 Å². The van der Waals surface area contributed by atoms with Crippen LogP contribution in [0.5, 0.6) is 5.75 Å². The predicted molar refractivity (Wildman–Crippen MR) is 126 cm³/mol. The summed E-state index contributed by atoms with van der Waals surface area (Å²) in [6.07, 6.45) is -0.654. The minimum absolute atomic E-state index is 0.220. The van der Waals surface area contributed by atoms with E-state index in [1.165, 1.54) is 25.0 Å². The van der Waals surface area contributed by atoms with Crippen LogP contribution in [-0.2, 0) is 15.7 Å². The number of halogens is 3. The lowest BCUT2D eigenvalue weighted by Crippen LogP contribution is -2.19. The largest absolute Gasteiger partial charge is 0.494 e. The molecule has 0 aliphatic heterocycles. The first kappa shape index (κ1) is 25.1. The van der Waals surface area contributed by atoms with Gasteiger partial charge in [-0.05, 0) is 86.4 Å². The van der Waals surface area contributed by atoms with Crippen molar-refractivity contribution in [1.29, 1.82) is 0 Å². The van der Waals surface area contributed by atoms with E-state index in [1.54, 1.807) is 32.9 Å². The third-order valence-corrected chi connectivity index (χ3v) is 6.63. The third-order valence-electron chi connectivity index (χ3n) is 6.63. The normalized spacial score (nSPS) is 19.3. The SMILES string of the molecule is CCOC(=O)[C@@H]1C[C@@H]1c1ccc(C(F)(F)F)c(NC(=O)c2c(C)cc(OCCC3CC3)cc2C)c1. The number of amides is 1. The number of hydrogen-bond acceptors (Lipinski definition) is 4. The van der Waals surface area contributed by atoms with Gasteiger partial charge in [-0.3, -0.25) is 9.59 Å². The van der Waals surface area contributed by atoms with E-state index in [0.29, 0.717) is 41.0 Å². The lowest BCUT2D eigenvalue weighted by Gasteiger charge is -2.17. The molecule has 0 spiro atoms. The Kier molecular flexibility index (Phi) is 7.10. The van der Waals surface area contributed by atoms with Gasteiger partial charge in [0.1, 0.15) is 5.75 Å². The summed E-state index contributed by atoms with van der Waals surface area (Å²) in [5.41, 5.74) is 0.876. The Balaban J connectivity index is 1.54. The number of alkyl halides is 3. The Morgan fingerprint density at radius 2 is 1.77 bits per heavy atom. The van der Waals surface area contributed by atoms with Crippen molar-refractivity contribution < 1.29 is 32.2 Å². The maximum Gasteiger partial charge on any atom is 0.418 e. The van der Waals surface area contributed by atoms with E-state index in [2.05, 4.69) is 5.32 Å². The van der Waals surface area contributed by atoms with Gasteiger partial charge < -0.3 is 14.8 Å². The molecule has 1 amide bonds. The Labute approximate surface area is 203 Å². The zero-order chi connectivity index (χ0) is 25.3. The van der Waals surface area contributed by atoms with E-state index in [0.717, 1.165) is 18.4 Å². The van der Waals surface area contributed by atoms with E-state index in [1.807, 2.05) is 0 Å². The second-order valence-electron chi connectivity index (χ2n) is 9.47. The first-order valence-electron chi connectivity index (χ1n) is 12.0. The zero-order valence-corrected chi connectivity index (χ0v) is 20.1. The fourth-order valence-electron chi connectivity index (χ4n) is 4.52. The number of hydrogen-bond donors (Lipinski definition) is 1. The number of nitrogens with one attached hydrogen (secondary N) is 1. The van der Waals surface area contributed by atoms with Crippen LogP contribution in [0.3, 0.4) is 0 Å². The molecule has 2 aliphatic rings. The predicted octanol–water partition coefficient (Wildman–Crippen LogP) is 6.42. The summed E-state index contributed by atoms with van der Waals surface area (Å²) in [6.45, 7) is 6.04. The highest BCUT2D eigenvalue weighted by Crippen LogP contribution is 2.49. The summed E-state index contributed by atoms with van der Waals surface area (Å²) in [4.78, 5) is 25.1. The van der Waals surface area contributed by atoms with Gasteiger partial charge in [-0.15, -0.1) is 0 Å². The van der Waals surface area contributed by atoms with E-state index >= 15 is 0 Å². The minimum atomic E-state index is -4.64. The van der Waals surface area contributed by atoms with Gasteiger partial charge in [0.25, 0.3) is 5.91 Å². The fourth-order valence-corrected chi connectivity index (χ4v) is 4.52. The molecule has 2 aliphatic carbocycles. The molecule has 2 aromatic rings. The Morgan fingerprint density at radius 3 is 2.37 bits per heavy atom. The molecule has 2 atom stereocenters. The summed E-state index contributed by atoms with van der Waals surface area (Å²) < 4.78 is 51.9. The maximum absolute atomic E-state index is 13.7. The van der Waals surface area contributed by atoms with Gasteiger partial charge in [0.05, 0.1) is 30.4 Å². The van der Waals surface area contributed by atoms with Crippen LogP contribution in [0.25, 0.3) is 0 Å². The minimum Gasteiger partial charge on any atom is -0.494 e. The molecule has 188 valence electrons. The van der Waals surface area contributed by atoms with Crippen molar-refractivity contribution in [3.8, 4) is 5.75 Å². The van der Waals surface area contributed by atoms with Crippen molar-refractivity contribution in [2.45, 2.75) is 58.5 Å². The van der Waals surface area contributed by atoms with E-state index in [9.17, 15) is 22.8 Å². The van der Waals surface area contributed by atoms with Crippen LogP contribution in [-0.4, -0.2) is 25.1 Å². The smallest absolute Gasteiger partial charge is 0.418 e. The van der Waals surface area contributed by atoms with Crippen molar-refractivity contribution in [2.24, 2.45) is 11.8 Å². The van der Waals surface area contributed by atoms with Crippen LogP contribution in [0, 0.1) is 25.7 Å². The lowest BCUT2D eigenvalue weighted by atomic mass is 10.00. The van der Waals surface area contributed by atoms with Gasteiger partial charge in [0.15, 0.2) is 0 Å². The summed E-state index contributed by atoms with van der Waals surface area (Å²) in [6, 6.07) is 7.13. The number of carbonyl (C=O) groups is 2. The molecule has 1 N–H and O–H groups in total. The Hall–Kier alpha value is -3.03. The van der Waals surface area contributed by atoms with E-state index < -0.39 is 17.6 Å². The summed E-state index contributed by atoms with van der Waals surface area (Å²) in [5, 5.41) is 2.48. The molecule has 4 rings (SSSR count). The number of carbonyl (C=O) groups excluding carboxylic acids is 2. The lowest BCUT2D eigenvalue weighted by molar-refractivity contribution is -0.144. The molecular formula is C27H30F3NO4. The third kappa shape index (κ3) is 5.97. The van der Waals surface area contributed by atoms with Gasteiger partial charge in [-0.1, -0.05) is 18.9 Å². The van der Waals surface area contributed by atoms with Crippen molar-refractivity contribution in [1.82, 2.24) is 0 Å². The highest BCUT2D eigenvalue weighted by molar-refractivity contribution is 6.07. The summed E-state index contributed by atoms with van der Waals surface area (Å²) >= 11 is 0. The number of anilines is 1. The van der Waals surface area contributed by atoms with Crippen molar-refractivity contribution in [3.63, 3.8) is 0 Å². The number of aryl methyl sites for hydroxylation is 2. The monoisotopic (exact) mass is 489 g/mol. The summed E-state index contributed by atoms with van der Waals surface area (Å²) in [5.74, 6) is -0.175. The Bertz CT molecular complexity index is 1100. The van der Waals surface area contributed by atoms with Gasteiger partial charge in [-0.25, -0.2) is 0 Å². The van der Waals surface area contributed by atoms with E-state index in [4.69, 9.17) is 9.47 Å². The van der Waals surface area contributed by atoms with Gasteiger partial charge in [-0.2, -0.15) is 13.2 Å². The van der Waals surface area contributed by atoms with Crippen molar-refractivity contribution >= 4 is 17.6 Å². The molecule has 0 aromatic heterocycles. The summed E-state index contributed by atoms with van der Waals surface area (Å²) in [7, 11) is 0. The fraction of sp³-hybridized carbons (Fsp3) is 0.481. The average Bonchev–Trinajstić information content (AvgIpc) is 3.67. The average molecular weight is 490 g/mol. The van der Waals surface area contributed by atoms with Crippen LogP contribution in [0.15, 0.2) is 30.3 Å². The highest BCUT2D eigenvalue weighted by Gasteiger charge is 2.46. The quantitative estimate of drug-likeness (QED) is 0.413. The Morgan fingerprint density at radius 1 is 1.09 bits per heavy atom. The molecule has 2 saturated carbocycles.